The Morgan fingerprint density at radius 2 is 2.05 bits per heavy atom. The van der Waals surface area contributed by atoms with Crippen LogP contribution in [0.3, 0.4) is 0 Å². The molecule has 0 aliphatic carbocycles. The van der Waals surface area contributed by atoms with E-state index in [-0.39, 0.29) is 5.28 Å². The third-order valence-corrected chi connectivity index (χ3v) is 2.81. The van der Waals surface area contributed by atoms with E-state index in [0.29, 0.717) is 18.4 Å². The molecule has 2 heterocycles. The van der Waals surface area contributed by atoms with Crippen LogP contribution in [0, 0.1) is 0 Å². The Labute approximate surface area is 116 Å². The number of anilines is 2. The average Bonchev–Trinajstić information content (AvgIpc) is 2.90. The van der Waals surface area contributed by atoms with E-state index in [9.17, 15) is 0 Å². The number of hydrogen-bond acceptors (Lipinski definition) is 6. The van der Waals surface area contributed by atoms with Crippen LogP contribution in [0.1, 0.15) is 19.6 Å². The largest absolute Gasteiger partial charge is 0.467 e. The van der Waals surface area contributed by atoms with Crippen molar-refractivity contribution in [3.05, 3.63) is 29.4 Å². The summed E-state index contributed by atoms with van der Waals surface area (Å²) in [6.07, 6.45) is 1.62. The van der Waals surface area contributed by atoms with E-state index in [2.05, 4.69) is 20.3 Å². The van der Waals surface area contributed by atoms with E-state index in [1.54, 1.807) is 6.26 Å². The zero-order valence-corrected chi connectivity index (χ0v) is 11.7. The topological polar surface area (TPSA) is 67.1 Å². The molecule has 0 aromatic carbocycles. The van der Waals surface area contributed by atoms with Gasteiger partial charge in [-0.1, -0.05) is 0 Å². The van der Waals surface area contributed by atoms with E-state index in [1.165, 1.54) is 0 Å². The van der Waals surface area contributed by atoms with Crippen molar-refractivity contribution in [3.8, 4) is 0 Å². The summed E-state index contributed by atoms with van der Waals surface area (Å²) in [4.78, 5) is 14.5. The normalized spacial score (nSPS) is 10.5. The Balaban J connectivity index is 2.12. The lowest BCUT2D eigenvalue weighted by Crippen LogP contribution is -2.25. The van der Waals surface area contributed by atoms with Crippen LogP contribution in [0.4, 0.5) is 11.9 Å². The minimum absolute atomic E-state index is 0.179. The molecular formula is C12H16ClN5O. The van der Waals surface area contributed by atoms with Gasteiger partial charge in [-0.2, -0.15) is 15.0 Å². The summed E-state index contributed by atoms with van der Waals surface area (Å²) >= 11 is 5.92. The smallest absolute Gasteiger partial charge is 0.231 e. The van der Waals surface area contributed by atoms with Crippen molar-refractivity contribution in [2.24, 2.45) is 0 Å². The van der Waals surface area contributed by atoms with Crippen LogP contribution in [-0.4, -0.2) is 28.0 Å². The van der Waals surface area contributed by atoms with Crippen LogP contribution in [-0.2, 0) is 6.54 Å². The molecule has 1 N–H and O–H groups in total. The highest BCUT2D eigenvalue weighted by molar-refractivity contribution is 6.28. The molecule has 0 amide bonds. The lowest BCUT2D eigenvalue weighted by atomic mass is 10.4. The van der Waals surface area contributed by atoms with Gasteiger partial charge in [0, 0.05) is 13.1 Å². The molecule has 0 atom stereocenters. The van der Waals surface area contributed by atoms with Crippen LogP contribution < -0.4 is 10.2 Å². The summed E-state index contributed by atoms with van der Waals surface area (Å²) in [5.74, 6) is 1.83. The number of nitrogens with zero attached hydrogens (tertiary/aromatic N) is 4. The Hall–Kier alpha value is -1.82. The second kappa shape index (κ2) is 6.38. The first kappa shape index (κ1) is 13.6. The highest BCUT2D eigenvalue weighted by atomic mass is 35.5. The quantitative estimate of drug-likeness (QED) is 0.878. The molecule has 6 nitrogen and oxygen atoms in total. The lowest BCUT2D eigenvalue weighted by molar-refractivity contribution is 0.517. The minimum atomic E-state index is 0.179. The first-order valence-electron chi connectivity index (χ1n) is 6.15. The highest BCUT2D eigenvalue weighted by Crippen LogP contribution is 2.14. The minimum Gasteiger partial charge on any atom is -0.467 e. The number of nitrogens with one attached hydrogen (secondary N) is 1. The molecular weight excluding hydrogens is 266 g/mol. The fraction of sp³-hybridized carbons (Fsp3) is 0.417. The average molecular weight is 282 g/mol. The summed E-state index contributed by atoms with van der Waals surface area (Å²) in [6, 6.07) is 3.71. The summed E-state index contributed by atoms with van der Waals surface area (Å²) in [6.45, 7) is 6.21. The van der Waals surface area contributed by atoms with E-state index in [0.717, 1.165) is 18.8 Å². The number of aromatic nitrogens is 3. The Bertz CT molecular complexity index is 513. The Morgan fingerprint density at radius 1 is 1.26 bits per heavy atom. The first-order valence-corrected chi connectivity index (χ1v) is 6.53. The monoisotopic (exact) mass is 281 g/mol. The zero-order valence-electron chi connectivity index (χ0n) is 10.9. The van der Waals surface area contributed by atoms with E-state index < -0.39 is 0 Å². The molecule has 0 radical (unpaired) electrons. The molecule has 0 aliphatic heterocycles. The van der Waals surface area contributed by atoms with Gasteiger partial charge in [0.25, 0.3) is 0 Å². The Kier molecular flexibility index (Phi) is 4.57. The third-order valence-electron chi connectivity index (χ3n) is 2.64. The highest BCUT2D eigenvalue weighted by Gasteiger charge is 2.10. The fourth-order valence-electron chi connectivity index (χ4n) is 1.65. The van der Waals surface area contributed by atoms with Gasteiger partial charge in [0.05, 0.1) is 12.8 Å². The molecule has 7 heteroatoms. The van der Waals surface area contributed by atoms with Crippen molar-refractivity contribution < 1.29 is 4.42 Å². The molecule has 0 saturated heterocycles. The zero-order chi connectivity index (χ0) is 13.7. The molecule has 19 heavy (non-hydrogen) atoms. The van der Waals surface area contributed by atoms with Gasteiger partial charge in [-0.05, 0) is 37.6 Å². The van der Waals surface area contributed by atoms with E-state index in [1.807, 2.05) is 30.9 Å². The third kappa shape index (κ3) is 3.57. The van der Waals surface area contributed by atoms with Crippen molar-refractivity contribution in [2.75, 3.05) is 23.3 Å². The molecule has 0 unspecified atom stereocenters. The molecule has 0 spiro atoms. The fourth-order valence-corrected chi connectivity index (χ4v) is 1.80. The van der Waals surface area contributed by atoms with Crippen molar-refractivity contribution >= 4 is 23.5 Å². The van der Waals surface area contributed by atoms with E-state index in [4.69, 9.17) is 16.0 Å². The summed E-state index contributed by atoms with van der Waals surface area (Å²) in [5.41, 5.74) is 0. The van der Waals surface area contributed by atoms with Crippen LogP contribution >= 0.6 is 11.6 Å². The van der Waals surface area contributed by atoms with Gasteiger partial charge >= 0.3 is 0 Å². The van der Waals surface area contributed by atoms with Crippen LogP contribution in [0.2, 0.25) is 5.28 Å². The summed E-state index contributed by atoms with van der Waals surface area (Å²) < 4.78 is 5.23. The SMILES string of the molecule is CCN(CC)c1nc(Cl)nc(NCc2ccco2)n1. The maximum absolute atomic E-state index is 5.92. The van der Waals surface area contributed by atoms with Crippen LogP contribution in [0.5, 0.6) is 0 Å². The van der Waals surface area contributed by atoms with Crippen molar-refractivity contribution in [1.82, 2.24) is 15.0 Å². The van der Waals surface area contributed by atoms with Gasteiger partial charge in [-0.3, -0.25) is 0 Å². The van der Waals surface area contributed by atoms with E-state index >= 15 is 0 Å². The second-order valence-corrected chi connectivity index (χ2v) is 4.17. The van der Waals surface area contributed by atoms with Gasteiger partial charge in [0.1, 0.15) is 5.76 Å². The molecule has 0 aliphatic rings. The van der Waals surface area contributed by atoms with Crippen LogP contribution in [0.25, 0.3) is 0 Å². The molecule has 2 aromatic heterocycles. The van der Waals surface area contributed by atoms with Gasteiger partial charge in [-0.15, -0.1) is 0 Å². The number of halogens is 1. The van der Waals surface area contributed by atoms with Gasteiger partial charge in [0.15, 0.2) is 0 Å². The van der Waals surface area contributed by atoms with Crippen molar-refractivity contribution in [2.45, 2.75) is 20.4 Å². The van der Waals surface area contributed by atoms with Gasteiger partial charge in [0.2, 0.25) is 17.2 Å². The molecule has 0 bridgehead atoms. The number of rotatable bonds is 6. The standard InChI is InChI=1S/C12H16ClN5O/c1-3-18(4-2)12-16-10(13)15-11(17-12)14-8-9-6-5-7-19-9/h5-7H,3-4,8H2,1-2H3,(H,14,15,16,17). The molecule has 0 fully saturated rings. The first-order chi connectivity index (χ1) is 9.22. The molecule has 102 valence electrons. The number of furan rings is 1. The maximum Gasteiger partial charge on any atom is 0.231 e. The molecule has 2 rings (SSSR count). The Morgan fingerprint density at radius 3 is 2.68 bits per heavy atom. The van der Waals surface area contributed by atoms with Gasteiger partial charge < -0.3 is 14.6 Å². The summed E-state index contributed by atoms with van der Waals surface area (Å²) in [5, 5.41) is 3.24. The van der Waals surface area contributed by atoms with Crippen LogP contribution in [0.15, 0.2) is 22.8 Å². The summed E-state index contributed by atoms with van der Waals surface area (Å²) in [7, 11) is 0. The lowest BCUT2D eigenvalue weighted by Gasteiger charge is -2.18. The predicted molar refractivity (Wildman–Crippen MR) is 74.4 cm³/mol. The number of hydrogen-bond donors (Lipinski definition) is 1. The molecule has 0 saturated carbocycles. The van der Waals surface area contributed by atoms with Crippen molar-refractivity contribution in [1.29, 1.82) is 0 Å². The molecule has 2 aromatic rings. The van der Waals surface area contributed by atoms with Crippen molar-refractivity contribution in [3.63, 3.8) is 0 Å². The second-order valence-electron chi connectivity index (χ2n) is 3.83. The maximum atomic E-state index is 5.92. The van der Waals surface area contributed by atoms with Gasteiger partial charge in [-0.25, -0.2) is 0 Å². The predicted octanol–water partition coefficient (Wildman–Crippen LogP) is 2.58.